The van der Waals surface area contributed by atoms with E-state index in [1.54, 1.807) is 0 Å². The highest BCUT2D eigenvalue weighted by Crippen LogP contribution is 2.25. The van der Waals surface area contributed by atoms with Gasteiger partial charge in [-0.25, -0.2) is 0 Å². The summed E-state index contributed by atoms with van der Waals surface area (Å²) in [6.45, 7) is 0. The number of aromatic amines is 1. The number of hydrogen-bond donors (Lipinski definition) is 2. The van der Waals surface area contributed by atoms with Crippen LogP contribution in [0.25, 0.3) is 10.9 Å². The minimum atomic E-state index is 0.266. The van der Waals surface area contributed by atoms with E-state index in [1.165, 1.54) is 5.39 Å². The zero-order valence-electron chi connectivity index (χ0n) is 8.14. The van der Waals surface area contributed by atoms with Gasteiger partial charge in [-0.15, -0.1) is 0 Å². The van der Waals surface area contributed by atoms with Crippen molar-refractivity contribution >= 4 is 10.9 Å². The summed E-state index contributed by atoms with van der Waals surface area (Å²) in [6, 6.07) is 8.19. The molecule has 1 aliphatic rings. The molecule has 3 heteroatoms. The Kier molecular flexibility index (Phi) is 1.81. The Balaban J connectivity index is 2.14. The third kappa shape index (κ3) is 1.32. The molecular formula is C12H11N3. The highest BCUT2D eigenvalue weighted by Gasteiger charge is 2.13. The first-order valence-corrected chi connectivity index (χ1v) is 4.97. The highest BCUT2D eigenvalue weighted by atomic mass is 15.1. The number of benzene rings is 1. The molecule has 0 bridgehead atoms. The molecule has 2 aromatic rings. The number of allylic oxidation sites excluding steroid dienone is 2. The summed E-state index contributed by atoms with van der Waals surface area (Å²) < 4.78 is 0. The van der Waals surface area contributed by atoms with Crippen LogP contribution < -0.4 is 5.32 Å². The fourth-order valence-corrected chi connectivity index (χ4v) is 1.86. The molecule has 2 heterocycles. The van der Waals surface area contributed by atoms with Gasteiger partial charge in [-0.05, 0) is 18.5 Å². The Morgan fingerprint density at radius 3 is 2.73 bits per heavy atom. The number of H-pyrrole nitrogens is 1. The molecule has 1 aliphatic heterocycles. The molecule has 0 unspecified atom stereocenters. The van der Waals surface area contributed by atoms with Crippen molar-refractivity contribution in [1.82, 2.24) is 15.5 Å². The fraction of sp³-hybridized carbons (Fsp3) is 0.0833. The summed E-state index contributed by atoms with van der Waals surface area (Å²) in [7, 11) is 0. The normalized spacial score (nSPS) is 15.7. The summed E-state index contributed by atoms with van der Waals surface area (Å²) in [5, 5.41) is 11.6. The number of aromatic nitrogens is 2. The lowest BCUT2D eigenvalue weighted by molar-refractivity contribution is 0.925. The summed E-state index contributed by atoms with van der Waals surface area (Å²) in [4.78, 5) is 0. The van der Waals surface area contributed by atoms with E-state index in [9.17, 15) is 0 Å². The second-order valence-corrected chi connectivity index (χ2v) is 3.57. The van der Waals surface area contributed by atoms with Crippen molar-refractivity contribution < 1.29 is 0 Å². The van der Waals surface area contributed by atoms with E-state index in [0.717, 1.165) is 11.2 Å². The van der Waals surface area contributed by atoms with E-state index in [1.807, 2.05) is 30.6 Å². The summed E-state index contributed by atoms with van der Waals surface area (Å²) >= 11 is 0. The van der Waals surface area contributed by atoms with Crippen molar-refractivity contribution in [1.29, 1.82) is 0 Å². The van der Waals surface area contributed by atoms with E-state index in [0.29, 0.717) is 0 Å². The van der Waals surface area contributed by atoms with Gasteiger partial charge in [0.05, 0.1) is 11.2 Å². The fourth-order valence-electron chi connectivity index (χ4n) is 1.86. The number of dihydropyridines is 1. The molecule has 2 N–H and O–H groups in total. The molecule has 0 saturated heterocycles. The minimum absolute atomic E-state index is 0.266. The third-order valence-corrected chi connectivity index (χ3v) is 2.62. The maximum absolute atomic E-state index is 4.36. The van der Waals surface area contributed by atoms with Crippen LogP contribution in [0.1, 0.15) is 11.6 Å². The number of para-hydroxylation sites is 1. The number of fused-ring (bicyclic) bond motifs is 1. The van der Waals surface area contributed by atoms with E-state index < -0.39 is 0 Å². The molecule has 1 aromatic carbocycles. The Bertz CT molecular complexity index is 525. The quantitative estimate of drug-likeness (QED) is 0.736. The summed E-state index contributed by atoms with van der Waals surface area (Å²) in [5.74, 6) is 0.266. The predicted octanol–water partition coefficient (Wildman–Crippen LogP) is 2.28. The molecule has 0 fully saturated rings. The van der Waals surface area contributed by atoms with Crippen LogP contribution in [0.4, 0.5) is 0 Å². The molecule has 0 atom stereocenters. The largest absolute Gasteiger partial charge is 0.368 e. The number of rotatable bonds is 1. The second kappa shape index (κ2) is 3.28. The molecular weight excluding hydrogens is 186 g/mol. The van der Waals surface area contributed by atoms with Crippen molar-refractivity contribution in [3.05, 3.63) is 54.5 Å². The van der Waals surface area contributed by atoms with Crippen molar-refractivity contribution in [2.75, 3.05) is 0 Å². The van der Waals surface area contributed by atoms with Gasteiger partial charge < -0.3 is 5.32 Å². The SMILES string of the molecule is C1=CC(c2n[nH]c3ccccc23)C=CN1. The number of nitrogens with one attached hydrogen (secondary N) is 2. The lowest BCUT2D eigenvalue weighted by Gasteiger charge is -2.08. The zero-order chi connectivity index (χ0) is 10.1. The van der Waals surface area contributed by atoms with Crippen LogP contribution in [0.5, 0.6) is 0 Å². The zero-order valence-corrected chi connectivity index (χ0v) is 8.14. The second-order valence-electron chi connectivity index (χ2n) is 3.57. The maximum Gasteiger partial charge on any atom is 0.0808 e. The van der Waals surface area contributed by atoms with Crippen LogP contribution >= 0.6 is 0 Å². The first-order valence-electron chi connectivity index (χ1n) is 4.97. The van der Waals surface area contributed by atoms with E-state index >= 15 is 0 Å². The van der Waals surface area contributed by atoms with Crippen LogP contribution in [0.15, 0.2) is 48.8 Å². The van der Waals surface area contributed by atoms with E-state index in [4.69, 9.17) is 0 Å². The van der Waals surface area contributed by atoms with Crippen molar-refractivity contribution in [2.24, 2.45) is 0 Å². The smallest absolute Gasteiger partial charge is 0.0808 e. The molecule has 15 heavy (non-hydrogen) atoms. The minimum Gasteiger partial charge on any atom is -0.368 e. The molecule has 0 radical (unpaired) electrons. The van der Waals surface area contributed by atoms with Crippen LogP contribution in [-0.4, -0.2) is 10.2 Å². The first kappa shape index (κ1) is 8.29. The Labute approximate surface area is 87.5 Å². The maximum atomic E-state index is 4.36. The summed E-state index contributed by atoms with van der Waals surface area (Å²) in [6.07, 6.45) is 8.08. The van der Waals surface area contributed by atoms with Gasteiger partial charge in [-0.3, -0.25) is 5.10 Å². The number of nitrogens with zero attached hydrogens (tertiary/aromatic N) is 1. The van der Waals surface area contributed by atoms with Crippen LogP contribution in [0, 0.1) is 0 Å². The average molecular weight is 197 g/mol. The Morgan fingerprint density at radius 1 is 1.07 bits per heavy atom. The topological polar surface area (TPSA) is 40.7 Å². The average Bonchev–Trinajstić information content (AvgIpc) is 2.74. The molecule has 0 saturated carbocycles. The lowest BCUT2D eigenvalue weighted by Crippen LogP contribution is -2.03. The van der Waals surface area contributed by atoms with Gasteiger partial charge in [0, 0.05) is 11.3 Å². The van der Waals surface area contributed by atoms with Gasteiger partial charge in [-0.2, -0.15) is 5.10 Å². The molecule has 0 spiro atoms. The predicted molar refractivity (Wildman–Crippen MR) is 60.3 cm³/mol. The van der Waals surface area contributed by atoms with E-state index in [2.05, 4.69) is 33.7 Å². The standard InChI is InChI=1S/C12H11N3/c1-2-4-11-10(3-1)12(15-14-11)9-5-7-13-8-6-9/h1-9,13H,(H,14,15). The third-order valence-electron chi connectivity index (χ3n) is 2.62. The Hall–Kier alpha value is -2.03. The molecule has 0 aliphatic carbocycles. The molecule has 74 valence electrons. The van der Waals surface area contributed by atoms with Crippen LogP contribution in [0.2, 0.25) is 0 Å². The van der Waals surface area contributed by atoms with Gasteiger partial charge in [0.1, 0.15) is 0 Å². The highest BCUT2D eigenvalue weighted by molar-refractivity contribution is 5.82. The van der Waals surface area contributed by atoms with Gasteiger partial charge in [-0.1, -0.05) is 30.4 Å². The molecule has 1 aromatic heterocycles. The Morgan fingerprint density at radius 2 is 1.87 bits per heavy atom. The van der Waals surface area contributed by atoms with Crippen molar-refractivity contribution in [2.45, 2.75) is 5.92 Å². The molecule has 3 nitrogen and oxygen atoms in total. The summed E-state index contributed by atoms with van der Waals surface area (Å²) in [5.41, 5.74) is 2.17. The van der Waals surface area contributed by atoms with Gasteiger partial charge >= 0.3 is 0 Å². The lowest BCUT2D eigenvalue weighted by atomic mass is 10.0. The van der Waals surface area contributed by atoms with Crippen molar-refractivity contribution in [3.8, 4) is 0 Å². The van der Waals surface area contributed by atoms with Gasteiger partial charge in [0.15, 0.2) is 0 Å². The monoisotopic (exact) mass is 197 g/mol. The van der Waals surface area contributed by atoms with Crippen LogP contribution in [-0.2, 0) is 0 Å². The van der Waals surface area contributed by atoms with Gasteiger partial charge in [0.2, 0.25) is 0 Å². The van der Waals surface area contributed by atoms with Crippen molar-refractivity contribution in [3.63, 3.8) is 0 Å². The molecule has 0 amide bonds. The first-order chi connectivity index (χ1) is 7.45. The van der Waals surface area contributed by atoms with Crippen LogP contribution in [0.3, 0.4) is 0 Å². The van der Waals surface area contributed by atoms with E-state index in [-0.39, 0.29) is 5.92 Å². The number of hydrogen-bond acceptors (Lipinski definition) is 2. The molecule has 3 rings (SSSR count). The van der Waals surface area contributed by atoms with Gasteiger partial charge in [0.25, 0.3) is 0 Å².